The lowest BCUT2D eigenvalue weighted by Gasteiger charge is -2.22. The first-order valence-electron chi connectivity index (χ1n) is 10.5. The van der Waals surface area contributed by atoms with Gasteiger partial charge in [0.05, 0.1) is 17.5 Å². The second kappa shape index (κ2) is 7.47. The molecule has 0 amide bonds. The number of nitrogens with zero attached hydrogens (tertiary/aromatic N) is 7. The molecule has 4 aromatic heterocycles. The first-order valence-corrected chi connectivity index (χ1v) is 10.5. The van der Waals surface area contributed by atoms with Gasteiger partial charge in [0.1, 0.15) is 11.2 Å². The summed E-state index contributed by atoms with van der Waals surface area (Å²) in [7, 11) is 0. The van der Waals surface area contributed by atoms with Crippen molar-refractivity contribution in [3.63, 3.8) is 0 Å². The van der Waals surface area contributed by atoms with Gasteiger partial charge in [0.25, 0.3) is 0 Å². The Kier molecular flexibility index (Phi) is 4.63. The highest BCUT2D eigenvalue weighted by atomic mass is 15.3. The van der Waals surface area contributed by atoms with Crippen molar-refractivity contribution in [1.82, 2.24) is 24.5 Å². The van der Waals surface area contributed by atoms with E-state index < -0.39 is 5.54 Å². The van der Waals surface area contributed by atoms with E-state index in [4.69, 9.17) is 4.98 Å². The maximum atomic E-state index is 9.87. The molecule has 0 aliphatic carbocycles. The number of anilines is 1. The minimum atomic E-state index is -0.787. The van der Waals surface area contributed by atoms with E-state index in [1.165, 1.54) is 12.8 Å². The second-order valence-electron chi connectivity index (χ2n) is 8.35. The lowest BCUT2D eigenvalue weighted by atomic mass is 10.1. The van der Waals surface area contributed by atoms with Gasteiger partial charge in [0, 0.05) is 54.4 Å². The van der Waals surface area contributed by atoms with E-state index in [-0.39, 0.29) is 0 Å². The average molecular weight is 409 g/mol. The molecule has 4 aromatic rings. The van der Waals surface area contributed by atoms with Crippen LogP contribution in [-0.4, -0.2) is 37.6 Å². The molecular formula is C24H23N7. The molecule has 1 aliphatic heterocycles. The van der Waals surface area contributed by atoms with Gasteiger partial charge >= 0.3 is 0 Å². The minimum absolute atomic E-state index is 0.754. The van der Waals surface area contributed by atoms with E-state index in [1.807, 2.05) is 55.2 Å². The molecule has 0 radical (unpaired) electrons. The fourth-order valence-corrected chi connectivity index (χ4v) is 4.13. The van der Waals surface area contributed by atoms with Crippen molar-refractivity contribution < 1.29 is 0 Å². The molecule has 1 saturated heterocycles. The largest absolute Gasteiger partial charge is 0.341 e. The highest BCUT2D eigenvalue weighted by Crippen LogP contribution is 2.34. The molecule has 0 bridgehead atoms. The summed E-state index contributed by atoms with van der Waals surface area (Å²) in [5.41, 5.74) is 3.51. The lowest BCUT2D eigenvalue weighted by molar-refractivity contribution is 0.486. The van der Waals surface area contributed by atoms with Crippen molar-refractivity contribution >= 4 is 17.0 Å². The summed E-state index contributed by atoms with van der Waals surface area (Å²) >= 11 is 0. The van der Waals surface area contributed by atoms with E-state index in [1.54, 1.807) is 6.20 Å². The molecule has 0 unspecified atom stereocenters. The maximum absolute atomic E-state index is 9.87. The van der Waals surface area contributed by atoms with Crippen molar-refractivity contribution in [2.24, 2.45) is 0 Å². The Morgan fingerprint density at radius 1 is 0.935 bits per heavy atom. The predicted octanol–water partition coefficient (Wildman–Crippen LogP) is 4.41. The van der Waals surface area contributed by atoms with E-state index in [0.717, 1.165) is 52.6 Å². The standard InChI is InChI=1S/C24H23N7/c1-24(2,16-25)31-21(19-14-28-23(29-15-19)30-9-5-6-10-30)12-17-11-18(13-27-22(17)31)20-7-3-4-8-26-20/h3-4,7-8,11-15H,5-6,9-10H2,1-2H3. The average Bonchev–Trinajstić information content (AvgIpc) is 3.48. The maximum Gasteiger partial charge on any atom is 0.225 e. The monoisotopic (exact) mass is 409 g/mol. The third-order valence-corrected chi connectivity index (χ3v) is 5.76. The van der Waals surface area contributed by atoms with Crippen molar-refractivity contribution in [3.8, 4) is 28.6 Å². The Labute approximate surface area is 181 Å². The first-order chi connectivity index (χ1) is 15.1. The summed E-state index contributed by atoms with van der Waals surface area (Å²) in [4.78, 5) is 20.6. The molecular weight excluding hydrogens is 386 g/mol. The van der Waals surface area contributed by atoms with Gasteiger partial charge in [-0.3, -0.25) is 4.98 Å². The highest BCUT2D eigenvalue weighted by Gasteiger charge is 2.27. The normalized spacial score (nSPS) is 14.2. The van der Waals surface area contributed by atoms with Crippen LogP contribution in [0, 0.1) is 11.3 Å². The van der Waals surface area contributed by atoms with Crippen LogP contribution in [0.3, 0.4) is 0 Å². The summed E-state index contributed by atoms with van der Waals surface area (Å²) in [5.74, 6) is 0.763. The van der Waals surface area contributed by atoms with Crippen molar-refractivity contribution in [3.05, 3.63) is 55.1 Å². The number of fused-ring (bicyclic) bond motifs is 1. The van der Waals surface area contributed by atoms with Gasteiger partial charge in [-0.2, -0.15) is 5.26 Å². The number of pyridine rings is 2. The van der Waals surface area contributed by atoms with Crippen LogP contribution in [0.5, 0.6) is 0 Å². The van der Waals surface area contributed by atoms with Gasteiger partial charge in [-0.15, -0.1) is 0 Å². The highest BCUT2D eigenvalue weighted by molar-refractivity contribution is 5.87. The van der Waals surface area contributed by atoms with Crippen LogP contribution in [0.2, 0.25) is 0 Å². The fraction of sp³-hybridized carbons (Fsp3) is 0.292. The Morgan fingerprint density at radius 3 is 2.35 bits per heavy atom. The third-order valence-electron chi connectivity index (χ3n) is 5.76. The van der Waals surface area contributed by atoms with Crippen LogP contribution in [0.4, 0.5) is 5.95 Å². The van der Waals surface area contributed by atoms with Crippen molar-refractivity contribution in [2.75, 3.05) is 18.0 Å². The SMILES string of the molecule is CC(C)(C#N)n1c(-c2cnc(N3CCCC3)nc2)cc2cc(-c3ccccn3)cnc21. The molecule has 154 valence electrons. The van der Waals surface area contributed by atoms with E-state index in [9.17, 15) is 5.26 Å². The summed E-state index contributed by atoms with van der Waals surface area (Å²) in [6.07, 6.45) is 9.64. The molecule has 5 heterocycles. The van der Waals surface area contributed by atoms with Crippen LogP contribution >= 0.6 is 0 Å². The zero-order valence-corrected chi connectivity index (χ0v) is 17.7. The quantitative estimate of drug-likeness (QED) is 0.496. The van der Waals surface area contributed by atoms with Gasteiger partial charge < -0.3 is 9.47 Å². The minimum Gasteiger partial charge on any atom is -0.341 e. The molecule has 0 saturated carbocycles. The molecule has 1 fully saturated rings. The van der Waals surface area contributed by atoms with Gasteiger partial charge in [-0.1, -0.05) is 6.07 Å². The van der Waals surface area contributed by atoms with Gasteiger partial charge in [0.2, 0.25) is 5.95 Å². The summed E-state index contributed by atoms with van der Waals surface area (Å²) < 4.78 is 1.97. The lowest BCUT2D eigenvalue weighted by Crippen LogP contribution is -2.25. The van der Waals surface area contributed by atoms with Crippen LogP contribution in [0.15, 0.2) is 55.1 Å². The number of hydrogen-bond donors (Lipinski definition) is 0. The summed E-state index contributed by atoms with van der Waals surface area (Å²) in [5, 5.41) is 10.8. The summed E-state index contributed by atoms with van der Waals surface area (Å²) in [6.45, 7) is 5.79. The van der Waals surface area contributed by atoms with Crippen LogP contribution < -0.4 is 4.90 Å². The molecule has 0 spiro atoms. The van der Waals surface area contributed by atoms with E-state index in [2.05, 4.69) is 38.1 Å². The van der Waals surface area contributed by atoms with Crippen LogP contribution in [0.25, 0.3) is 33.5 Å². The van der Waals surface area contributed by atoms with Crippen molar-refractivity contribution in [2.45, 2.75) is 32.2 Å². The molecule has 5 rings (SSSR count). The number of hydrogen-bond acceptors (Lipinski definition) is 6. The fourth-order valence-electron chi connectivity index (χ4n) is 4.13. The van der Waals surface area contributed by atoms with Crippen LogP contribution in [-0.2, 0) is 5.54 Å². The number of aromatic nitrogens is 5. The van der Waals surface area contributed by atoms with Gasteiger partial charge in [0.15, 0.2) is 0 Å². The van der Waals surface area contributed by atoms with E-state index >= 15 is 0 Å². The molecule has 1 aliphatic rings. The Morgan fingerprint density at radius 2 is 1.68 bits per heavy atom. The molecule has 0 N–H and O–H groups in total. The van der Waals surface area contributed by atoms with Gasteiger partial charge in [-0.25, -0.2) is 15.0 Å². The molecule has 0 aromatic carbocycles. The predicted molar refractivity (Wildman–Crippen MR) is 120 cm³/mol. The molecule has 31 heavy (non-hydrogen) atoms. The summed E-state index contributed by atoms with van der Waals surface area (Å²) in [6, 6.07) is 12.4. The van der Waals surface area contributed by atoms with Crippen LogP contribution in [0.1, 0.15) is 26.7 Å². The first kappa shape index (κ1) is 19.2. The Balaban J connectivity index is 1.64. The van der Waals surface area contributed by atoms with Crippen molar-refractivity contribution in [1.29, 1.82) is 5.26 Å². The number of rotatable bonds is 4. The second-order valence-corrected chi connectivity index (χ2v) is 8.35. The number of nitriles is 1. The third kappa shape index (κ3) is 3.40. The Bertz CT molecular complexity index is 1260. The zero-order chi connectivity index (χ0) is 21.4. The van der Waals surface area contributed by atoms with E-state index in [0.29, 0.717) is 0 Å². The Hall–Kier alpha value is -3.79. The van der Waals surface area contributed by atoms with Gasteiger partial charge in [-0.05, 0) is 51.0 Å². The topological polar surface area (TPSA) is 83.5 Å². The molecule has 7 nitrogen and oxygen atoms in total. The smallest absolute Gasteiger partial charge is 0.225 e. The molecule has 7 heteroatoms. The zero-order valence-electron chi connectivity index (χ0n) is 17.7. The molecule has 0 atom stereocenters.